The van der Waals surface area contributed by atoms with Crippen LogP contribution in [0.1, 0.15) is 15.9 Å². The lowest BCUT2D eigenvalue weighted by atomic mass is 10.2. The van der Waals surface area contributed by atoms with Crippen molar-refractivity contribution in [2.45, 2.75) is 6.61 Å². The third-order valence-corrected chi connectivity index (χ3v) is 3.93. The predicted octanol–water partition coefficient (Wildman–Crippen LogP) is 3.10. The largest absolute Gasteiger partial charge is 0.471 e. The van der Waals surface area contributed by atoms with Crippen molar-refractivity contribution in [3.05, 3.63) is 72.3 Å². The Hall–Kier alpha value is -4.21. The van der Waals surface area contributed by atoms with Crippen molar-refractivity contribution in [3.8, 4) is 5.88 Å². The number of carbonyl (C=O) groups excluding carboxylic acids is 1. The highest BCUT2D eigenvalue weighted by molar-refractivity contribution is 5.93. The molecule has 3 heterocycles. The van der Waals surface area contributed by atoms with Crippen LogP contribution in [0.2, 0.25) is 0 Å². The molecule has 0 radical (unpaired) electrons. The van der Waals surface area contributed by atoms with Crippen molar-refractivity contribution >= 4 is 23.0 Å². The van der Waals surface area contributed by atoms with E-state index in [4.69, 9.17) is 4.74 Å². The monoisotopic (exact) mass is 388 g/mol. The van der Waals surface area contributed by atoms with Crippen LogP contribution >= 0.6 is 0 Å². The minimum atomic E-state index is -0.358. The van der Waals surface area contributed by atoms with Crippen LogP contribution in [0.3, 0.4) is 0 Å². The molecule has 144 valence electrons. The fourth-order valence-corrected chi connectivity index (χ4v) is 2.49. The number of hydrogen-bond donors (Lipinski definition) is 1. The molecule has 10 nitrogen and oxygen atoms in total. The van der Waals surface area contributed by atoms with Gasteiger partial charge in [-0.15, -0.1) is 0 Å². The number of H-pyrrole nitrogens is 1. The summed E-state index contributed by atoms with van der Waals surface area (Å²) in [5.74, 6) is -0.0340. The van der Waals surface area contributed by atoms with E-state index in [1.54, 1.807) is 18.3 Å². The molecule has 4 rings (SSSR count). The van der Waals surface area contributed by atoms with Crippen LogP contribution in [0, 0.1) is 0 Å². The van der Waals surface area contributed by atoms with E-state index in [0.717, 1.165) is 10.6 Å². The molecule has 1 N–H and O–H groups in total. The van der Waals surface area contributed by atoms with Crippen LogP contribution < -0.4 is 4.74 Å². The molecule has 0 aliphatic carbocycles. The second-order valence-electron chi connectivity index (χ2n) is 5.96. The van der Waals surface area contributed by atoms with E-state index < -0.39 is 0 Å². The van der Waals surface area contributed by atoms with Gasteiger partial charge < -0.3 is 9.72 Å². The summed E-state index contributed by atoms with van der Waals surface area (Å²) in [6, 6.07) is 13.0. The SMILES string of the molecule is CN(N=Nc1nc(OCc2ccccc2)c2[nH]cnc2n1)C(=O)c1cccnc1. The second kappa shape index (κ2) is 8.21. The Labute approximate surface area is 165 Å². The van der Waals surface area contributed by atoms with Crippen molar-refractivity contribution in [3.63, 3.8) is 0 Å². The molecule has 0 saturated heterocycles. The minimum Gasteiger partial charge on any atom is -0.471 e. The number of pyridine rings is 1. The number of nitrogens with zero attached hydrogens (tertiary/aromatic N) is 7. The van der Waals surface area contributed by atoms with Crippen LogP contribution in [0.4, 0.5) is 5.95 Å². The van der Waals surface area contributed by atoms with Gasteiger partial charge in [0.1, 0.15) is 12.1 Å². The van der Waals surface area contributed by atoms with Crippen molar-refractivity contribution in [2.75, 3.05) is 7.05 Å². The first kappa shape index (κ1) is 18.2. The molecule has 0 spiro atoms. The highest BCUT2D eigenvalue weighted by atomic mass is 16.5. The molecular weight excluding hydrogens is 372 g/mol. The topological polar surface area (TPSA) is 122 Å². The average molecular weight is 388 g/mol. The molecule has 1 aromatic carbocycles. The minimum absolute atomic E-state index is 0.0264. The Bertz CT molecular complexity index is 1140. The van der Waals surface area contributed by atoms with Gasteiger partial charge in [-0.05, 0) is 17.7 Å². The molecule has 0 bridgehead atoms. The van der Waals surface area contributed by atoms with Crippen molar-refractivity contribution in [1.29, 1.82) is 0 Å². The molecule has 4 aromatic rings. The van der Waals surface area contributed by atoms with E-state index >= 15 is 0 Å². The number of aromatic amines is 1. The van der Waals surface area contributed by atoms with E-state index in [9.17, 15) is 4.79 Å². The lowest BCUT2D eigenvalue weighted by molar-refractivity contribution is 0.0788. The molecule has 0 aliphatic rings. The standard InChI is InChI=1S/C19H16N8O2/c1-27(18(28)14-8-5-9-20-10-14)26-25-19-23-16-15(21-12-22-16)17(24-19)29-11-13-6-3-2-4-7-13/h2-10,12H,11H2,1H3,(H,21,22,23,24). The van der Waals surface area contributed by atoms with Gasteiger partial charge in [0, 0.05) is 19.4 Å². The molecule has 0 unspecified atom stereocenters. The molecular formula is C19H16N8O2. The second-order valence-corrected chi connectivity index (χ2v) is 5.96. The Morgan fingerprint density at radius 2 is 2.03 bits per heavy atom. The molecule has 0 aliphatic heterocycles. The summed E-state index contributed by atoms with van der Waals surface area (Å²) in [4.78, 5) is 31.8. The number of rotatable bonds is 6. The highest BCUT2D eigenvalue weighted by Gasteiger charge is 2.13. The molecule has 1 amide bonds. The summed E-state index contributed by atoms with van der Waals surface area (Å²) < 4.78 is 5.82. The number of ether oxygens (including phenoxy) is 1. The first-order chi connectivity index (χ1) is 14.2. The van der Waals surface area contributed by atoms with E-state index in [1.807, 2.05) is 30.3 Å². The van der Waals surface area contributed by atoms with Gasteiger partial charge >= 0.3 is 0 Å². The van der Waals surface area contributed by atoms with Gasteiger partial charge in [0.25, 0.3) is 11.9 Å². The zero-order chi connectivity index (χ0) is 20.1. The van der Waals surface area contributed by atoms with Crippen molar-refractivity contribution in [1.82, 2.24) is 29.9 Å². The number of fused-ring (bicyclic) bond motifs is 1. The van der Waals surface area contributed by atoms with Crippen molar-refractivity contribution < 1.29 is 9.53 Å². The summed E-state index contributed by atoms with van der Waals surface area (Å²) in [5.41, 5.74) is 2.33. The molecule has 0 atom stereocenters. The van der Waals surface area contributed by atoms with Crippen LogP contribution in [-0.2, 0) is 6.61 Å². The maximum absolute atomic E-state index is 12.3. The van der Waals surface area contributed by atoms with Gasteiger partial charge in [-0.2, -0.15) is 9.97 Å². The molecule has 0 fully saturated rings. The maximum atomic E-state index is 12.3. The number of imidazole rings is 1. The van der Waals surface area contributed by atoms with E-state index in [0.29, 0.717) is 29.2 Å². The Kier molecular flexibility index (Phi) is 5.14. The van der Waals surface area contributed by atoms with Gasteiger partial charge in [-0.3, -0.25) is 9.78 Å². The quantitative estimate of drug-likeness (QED) is 0.400. The highest BCUT2D eigenvalue weighted by Crippen LogP contribution is 2.23. The fraction of sp³-hybridized carbons (Fsp3) is 0.105. The van der Waals surface area contributed by atoms with Gasteiger partial charge in [-0.25, -0.2) is 9.99 Å². The maximum Gasteiger partial charge on any atom is 0.276 e. The van der Waals surface area contributed by atoms with Crippen LogP contribution in [0.15, 0.2) is 71.5 Å². The van der Waals surface area contributed by atoms with Crippen LogP contribution in [-0.4, -0.2) is 42.9 Å². The Morgan fingerprint density at radius 1 is 1.17 bits per heavy atom. The third-order valence-electron chi connectivity index (χ3n) is 3.93. The number of nitrogens with one attached hydrogen (secondary N) is 1. The smallest absolute Gasteiger partial charge is 0.276 e. The summed E-state index contributed by atoms with van der Waals surface area (Å²) >= 11 is 0. The van der Waals surface area contributed by atoms with Gasteiger partial charge in [0.2, 0.25) is 5.88 Å². The van der Waals surface area contributed by atoms with Crippen molar-refractivity contribution in [2.24, 2.45) is 10.3 Å². The Morgan fingerprint density at radius 3 is 2.83 bits per heavy atom. The number of carbonyl (C=O) groups is 1. The fourth-order valence-electron chi connectivity index (χ4n) is 2.49. The lowest BCUT2D eigenvalue weighted by Crippen LogP contribution is -2.20. The molecule has 29 heavy (non-hydrogen) atoms. The molecule has 10 heteroatoms. The summed E-state index contributed by atoms with van der Waals surface area (Å²) in [5, 5.41) is 8.92. The first-order valence-electron chi connectivity index (χ1n) is 8.68. The molecule has 3 aromatic heterocycles. The zero-order valence-corrected chi connectivity index (χ0v) is 15.4. The zero-order valence-electron chi connectivity index (χ0n) is 15.4. The normalized spacial score (nSPS) is 11.1. The predicted molar refractivity (Wildman–Crippen MR) is 103 cm³/mol. The van der Waals surface area contributed by atoms with E-state index in [2.05, 4.69) is 35.3 Å². The summed E-state index contributed by atoms with van der Waals surface area (Å²) in [6.07, 6.45) is 4.53. The van der Waals surface area contributed by atoms with E-state index in [-0.39, 0.29) is 11.9 Å². The number of aromatic nitrogens is 5. The van der Waals surface area contributed by atoms with E-state index in [1.165, 1.54) is 19.6 Å². The Balaban J connectivity index is 1.54. The van der Waals surface area contributed by atoms with Gasteiger partial charge in [0.15, 0.2) is 5.65 Å². The van der Waals surface area contributed by atoms with Gasteiger partial charge in [-0.1, -0.05) is 40.7 Å². The number of amides is 1. The van der Waals surface area contributed by atoms with Gasteiger partial charge in [0.05, 0.1) is 11.9 Å². The number of hydrogen-bond acceptors (Lipinski definition) is 8. The summed E-state index contributed by atoms with van der Waals surface area (Å²) in [7, 11) is 1.48. The summed E-state index contributed by atoms with van der Waals surface area (Å²) in [6.45, 7) is 0.321. The van der Waals surface area contributed by atoms with Crippen LogP contribution in [0.25, 0.3) is 11.2 Å². The third kappa shape index (κ3) is 4.21. The molecule has 0 saturated carbocycles. The lowest BCUT2D eigenvalue weighted by Gasteiger charge is -2.09. The average Bonchev–Trinajstić information content (AvgIpc) is 3.25. The van der Waals surface area contributed by atoms with Crippen LogP contribution in [0.5, 0.6) is 5.88 Å². The number of benzene rings is 1. The first-order valence-corrected chi connectivity index (χ1v) is 8.68.